The molecule has 0 N–H and O–H groups in total. The Morgan fingerprint density at radius 2 is 1.38 bits per heavy atom. The van der Waals surface area contributed by atoms with E-state index in [0.29, 0.717) is 35.0 Å². The van der Waals surface area contributed by atoms with Gasteiger partial charge in [-0.05, 0) is 61.4 Å². The van der Waals surface area contributed by atoms with Crippen molar-refractivity contribution in [2.45, 2.75) is 38.2 Å². The number of benzene rings is 3. The number of anilines is 1. The highest BCUT2D eigenvalue weighted by Crippen LogP contribution is 2.36. The number of para-hydroxylation sites is 1. The van der Waals surface area contributed by atoms with Crippen LogP contribution in [0, 0.1) is 0 Å². The topological polar surface area (TPSA) is 40.6 Å². The molecule has 3 aromatic rings. The van der Waals surface area contributed by atoms with Crippen molar-refractivity contribution in [2.24, 2.45) is 0 Å². The van der Waals surface area contributed by atoms with Gasteiger partial charge in [-0.25, -0.2) is 0 Å². The summed E-state index contributed by atoms with van der Waals surface area (Å²) in [6.45, 7) is 2.06. The standard InChI is InChI=1S/C28H25ClF6N2O2/c1-3-37(23-7-5-4-6-8-23)25(38)17-24(13-18-9-11-22(29)12-10-18)36(2)26(39)19-14-20(27(30,31)32)16-21(15-19)28(33,34)35/h4-12,14-16,24H,3,13,17H2,1-2H3. The summed E-state index contributed by atoms with van der Waals surface area (Å²) in [6.07, 6.45) is -10.4. The first-order valence-electron chi connectivity index (χ1n) is 11.9. The number of hydrogen-bond donors (Lipinski definition) is 0. The van der Waals surface area contributed by atoms with Crippen molar-refractivity contribution in [3.8, 4) is 0 Å². The van der Waals surface area contributed by atoms with E-state index in [2.05, 4.69) is 0 Å². The SMILES string of the molecule is CCN(C(=O)CC(Cc1ccc(Cl)cc1)N(C)C(=O)c1cc(C(F)(F)F)cc(C(F)(F)F)c1)c1ccccc1. The molecule has 4 nitrogen and oxygen atoms in total. The molecule has 0 spiro atoms. The van der Waals surface area contributed by atoms with E-state index in [9.17, 15) is 35.9 Å². The Balaban J connectivity index is 1.99. The quantitative estimate of drug-likeness (QED) is 0.263. The molecule has 11 heteroatoms. The normalized spacial score (nSPS) is 12.6. The Hall–Kier alpha value is -3.53. The summed E-state index contributed by atoms with van der Waals surface area (Å²) >= 11 is 5.95. The molecule has 208 valence electrons. The summed E-state index contributed by atoms with van der Waals surface area (Å²) in [5.41, 5.74) is -2.71. The Labute approximate surface area is 226 Å². The van der Waals surface area contributed by atoms with Crippen molar-refractivity contribution in [2.75, 3.05) is 18.5 Å². The van der Waals surface area contributed by atoms with Crippen LogP contribution in [0.15, 0.2) is 72.8 Å². The smallest absolute Gasteiger partial charge is 0.338 e. The first kappa shape index (κ1) is 30.0. The van der Waals surface area contributed by atoms with Crippen molar-refractivity contribution in [3.63, 3.8) is 0 Å². The van der Waals surface area contributed by atoms with Crippen molar-refractivity contribution in [1.29, 1.82) is 0 Å². The Kier molecular flexibility index (Phi) is 9.32. The van der Waals surface area contributed by atoms with Crippen LogP contribution in [-0.2, 0) is 23.6 Å². The van der Waals surface area contributed by atoms with Crippen LogP contribution in [0.2, 0.25) is 5.02 Å². The van der Waals surface area contributed by atoms with Crippen molar-refractivity contribution < 1.29 is 35.9 Å². The van der Waals surface area contributed by atoms with Crippen LogP contribution in [-0.4, -0.2) is 36.3 Å². The van der Waals surface area contributed by atoms with Gasteiger partial charge in [0.05, 0.1) is 11.1 Å². The Morgan fingerprint density at radius 3 is 1.87 bits per heavy atom. The van der Waals surface area contributed by atoms with Crippen LogP contribution in [0.5, 0.6) is 0 Å². The molecule has 0 heterocycles. The van der Waals surface area contributed by atoms with Gasteiger partial charge in [0.15, 0.2) is 0 Å². The van der Waals surface area contributed by atoms with Crippen molar-refractivity contribution in [1.82, 2.24) is 4.90 Å². The first-order valence-corrected chi connectivity index (χ1v) is 12.2. The molecule has 0 fully saturated rings. The highest BCUT2D eigenvalue weighted by atomic mass is 35.5. The number of amides is 2. The molecule has 1 atom stereocenters. The van der Waals surface area contributed by atoms with Gasteiger partial charge in [-0.1, -0.05) is 41.9 Å². The lowest BCUT2D eigenvalue weighted by atomic mass is 9.99. The fourth-order valence-electron chi connectivity index (χ4n) is 4.11. The van der Waals surface area contributed by atoms with Crippen molar-refractivity contribution >= 4 is 29.1 Å². The van der Waals surface area contributed by atoms with Gasteiger partial charge in [0.2, 0.25) is 5.91 Å². The zero-order chi connectivity index (χ0) is 29.0. The lowest BCUT2D eigenvalue weighted by Gasteiger charge is -2.31. The van der Waals surface area contributed by atoms with E-state index in [1.165, 1.54) is 11.9 Å². The third-order valence-electron chi connectivity index (χ3n) is 6.18. The van der Waals surface area contributed by atoms with Crippen LogP contribution >= 0.6 is 11.6 Å². The molecular formula is C28H25ClF6N2O2. The molecule has 0 aliphatic rings. The molecule has 3 aromatic carbocycles. The summed E-state index contributed by atoms with van der Waals surface area (Å²) in [7, 11) is 1.25. The van der Waals surface area contributed by atoms with Gasteiger partial charge in [-0.15, -0.1) is 0 Å². The minimum Gasteiger partial charge on any atom is -0.338 e. The van der Waals surface area contributed by atoms with Gasteiger partial charge in [0.25, 0.3) is 5.91 Å². The van der Waals surface area contributed by atoms with Gasteiger partial charge in [-0.2, -0.15) is 26.3 Å². The third-order valence-corrected chi connectivity index (χ3v) is 6.43. The molecule has 2 amide bonds. The van der Waals surface area contributed by atoms with Gasteiger partial charge < -0.3 is 9.80 Å². The summed E-state index contributed by atoms with van der Waals surface area (Å²) in [5.74, 6) is -1.46. The molecule has 0 saturated carbocycles. The molecule has 0 aliphatic heterocycles. The second-order valence-corrected chi connectivity index (χ2v) is 9.31. The van der Waals surface area contributed by atoms with E-state index in [0.717, 1.165) is 4.90 Å². The van der Waals surface area contributed by atoms with Crippen LogP contribution in [0.3, 0.4) is 0 Å². The van der Waals surface area contributed by atoms with Gasteiger partial charge in [0, 0.05) is 42.3 Å². The largest absolute Gasteiger partial charge is 0.416 e. The van der Waals surface area contributed by atoms with E-state index in [1.54, 1.807) is 61.5 Å². The number of rotatable bonds is 8. The zero-order valence-electron chi connectivity index (χ0n) is 21.0. The van der Waals surface area contributed by atoms with Crippen LogP contribution in [0.1, 0.15) is 40.4 Å². The van der Waals surface area contributed by atoms with E-state index in [1.807, 2.05) is 0 Å². The highest BCUT2D eigenvalue weighted by molar-refractivity contribution is 6.30. The molecule has 3 rings (SSSR count). The van der Waals surface area contributed by atoms with Gasteiger partial charge >= 0.3 is 12.4 Å². The lowest BCUT2D eigenvalue weighted by molar-refractivity contribution is -0.143. The van der Waals surface area contributed by atoms with Crippen LogP contribution < -0.4 is 4.90 Å². The average molecular weight is 571 g/mol. The molecule has 39 heavy (non-hydrogen) atoms. The van der Waals surface area contributed by atoms with Gasteiger partial charge in [0.1, 0.15) is 0 Å². The summed E-state index contributed by atoms with van der Waals surface area (Å²) in [4.78, 5) is 29.2. The number of alkyl halides is 6. The average Bonchev–Trinajstić information content (AvgIpc) is 2.88. The second-order valence-electron chi connectivity index (χ2n) is 8.87. The molecule has 0 bridgehead atoms. The maximum atomic E-state index is 13.4. The van der Waals surface area contributed by atoms with Crippen LogP contribution in [0.25, 0.3) is 0 Å². The minimum atomic E-state index is -5.11. The van der Waals surface area contributed by atoms with Crippen LogP contribution in [0.4, 0.5) is 32.0 Å². The third kappa shape index (κ3) is 7.75. The zero-order valence-corrected chi connectivity index (χ0v) is 21.7. The van der Waals surface area contributed by atoms with E-state index in [-0.39, 0.29) is 24.8 Å². The van der Waals surface area contributed by atoms with E-state index in [4.69, 9.17) is 11.6 Å². The first-order chi connectivity index (χ1) is 18.2. The van der Waals surface area contributed by atoms with Gasteiger partial charge in [-0.3, -0.25) is 9.59 Å². The second kappa shape index (κ2) is 12.1. The number of likely N-dealkylation sites (N-methyl/N-ethyl adjacent to an activating group) is 1. The molecule has 0 saturated heterocycles. The predicted molar refractivity (Wildman–Crippen MR) is 137 cm³/mol. The summed E-state index contributed by atoms with van der Waals surface area (Å²) < 4.78 is 80.3. The van der Waals surface area contributed by atoms with E-state index < -0.39 is 41.0 Å². The summed E-state index contributed by atoms with van der Waals surface area (Å²) in [5, 5.41) is 0.445. The maximum Gasteiger partial charge on any atom is 0.416 e. The Bertz CT molecular complexity index is 1260. The number of halogens is 7. The number of hydrogen-bond acceptors (Lipinski definition) is 2. The maximum absolute atomic E-state index is 13.4. The number of nitrogens with zero attached hydrogens (tertiary/aromatic N) is 2. The monoisotopic (exact) mass is 570 g/mol. The lowest BCUT2D eigenvalue weighted by Crippen LogP contribution is -2.43. The summed E-state index contributed by atoms with van der Waals surface area (Å²) in [6, 6.07) is 15.1. The number of carbonyl (C=O) groups excluding carboxylic acids is 2. The van der Waals surface area contributed by atoms with Crippen molar-refractivity contribution in [3.05, 3.63) is 100 Å². The number of carbonyl (C=O) groups is 2. The molecule has 0 aromatic heterocycles. The molecular weight excluding hydrogens is 546 g/mol. The fourth-order valence-corrected chi connectivity index (χ4v) is 4.24. The Morgan fingerprint density at radius 1 is 0.846 bits per heavy atom. The van der Waals surface area contributed by atoms with E-state index >= 15 is 0 Å². The highest BCUT2D eigenvalue weighted by Gasteiger charge is 2.38. The molecule has 0 aliphatic carbocycles. The molecule has 0 radical (unpaired) electrons. The predicted octanol–water partition coefficient (Wildman–Crippen LogP) is 7.50. The molecule has 1 unspecified atom stereocenters. The minimum absolute atomic E-state index is 0.0372. The fraction of sp³-hybridized carbons (Fsp3) is 0.286.